The van der Waals surface area contributed by atoms with Gasteiger partial charge in [-0.3, -0.25) is 4.99 Å². The summed E-state index contributed by atoms with van der Waals surface area (Å²) >= 11 is 0. The van der Waals surface area contributed by atoms with Crippen LogP contribution in [0.25, 0.3) is 0 Å². The van der Waals surface area contributed by atoms with Crippen LogP contribution in [-0.4, -0.2) is 49.1 Å². The van der Waals surface area contributed by atoms with Crippen molar-refractivity contribution in [1.29, 1.82) is 0 Å². The Labute approximate surface area is 152 Å². The monoisotopic (exact) mass is 343 g/mol. The van der Waals surface area contributed by atoms with Gasteiger partial charge in [-0.25, -0.2) is 4.98 Å². The van der Waals surface area contributed by atoms with Crippen LogP contribution in [-0.2, 0) is 6.54 Å². The highest BCUT2D eigenvalue weighted by molar-refractivity contribution is 5.80. The standard InChI is InChI=1S/C20H33N5/c1-20(2)10-13-25(16-20)19(21-3)23-15-17-8-9-18(22-14-17)24-11-6-4-5-7-12-24/h8-9,14H,4-7,10-13,15-16H2,1-3H3,(H,21,23). The molecule has 2 aliphatic heterocycles. The van der Waals surface area contributed by atoms with E-state index in [1.54, 1.807) is 0 Å². The predicted molar refractivity (Wildman–Crippen MR) is 105 cm³/mol. The Kier molecular flexibility index (Phi) is 5.82. The fraction of sp³-hybridized carbons (Fsp3) is 0.700. The minimum atomic E-state index is 0.383. The van der Waals surface area contributed by atoms with Crippen molar-refractivity contribution in [3.8, 4) is 0 Å². The summed E-state index contributed by atoms with van der Waals surface area (Å²) in [4.78, 5) is 13.9. The maximum Gasteiger partial charge on any atom is 0.193 e. The lowest BCUT2D eigenvalue weighted by atomic mass is 9.93. The fourth-order valence-electron chi connectivity index (χ4n) is 3.81. The smallest absolute Gasteiger partial charge is 0.193 e. The van der Waals surface area contributed by atoms with Crippen LogP contribution in [0, 0.1) is 5.41 Å². The molecule has 1 aromatic rings. The van der Waals surface area contributed by atoms with Gasteiger partial charge in [0.15, 0.2) is 5.96 Å². The molecule has 0 bridgehead atoms. The largest absolute Gasteiger partial charge is 0.357 e. The third kappa shape index (κ3) is 4.86. The number of aliphatic imine (C=N–C) groups is 1. The van der Waals surface area contributed by atoms with Gasteiger partial charge in [-0.1, -0.05) is 32.8 Å². The van der Waals surface area contributed by atoms with E-state index in [2.05, 4.69) is 46.1 Å². The van der Waals surface area contributed by atoms with Crippen molar-refractivity contribution in [2.75, 3.05) is 38.1 Å². The number of hydrogen-bond donors (Lipinski definition) is 1. The van der Waals surface area contributed by atoms with Gasteiger partial charge in [-0.15, -0.1) is 0 Å². The topological polar surface area (TPSA) is 43.8 Å². The summed E-state index contributed by atoms with van der Waals surface area (Å²) in [6, 6.07) is 4.37. The van der Waals surface area contributed by atoms with Crippen LogP contribution in [0.2, 0.25) is 0 Å². The molecule has 0 aromatic carbocycles. The zero-order chi connectivity index (χ0) is 17.7. The van der Waals surface area contributed by atoms with Gasteiger partial charge in [0.25, 0.3) is 0 Å². The number of guanidine groups is 1. The second kappa shape index (κ2) is 8.07. The molecule has 1 N–H and O–H groups in total. The van der Waals surface area contributed by atoms with Crippen LogP contribution < -0.4 is 10.2 Å². The van der Waals surface area contributed by atoms with E-state index in [0.29, 0.717) is 5.41 Å². The average Bonchev–Trinajstić information content (AvgIpc) is 2.81. The Hall–Kier alpha value is -1.78. The molecule has 1 aromatic heterocycles. The Morgan fingerprint density at radius 3 is 2.48 bits per heavy atom. The summed E-state index contributed by atoms with van der Waals surface area (Å²) < 4.78 is 0. The van der Waals surface area contributed by atoms with Crippen LogP contribution in [0.1, 0.15) is 51.5 Å². The average molecular weight is 344 g/mol. The Balaban J connectivity index is 1.54. The predicted octanol–water partition coefficient (Wildman–Crippen LogP) is 3.27. The molecule has 0 aliphatic carbocycles. The molecule has 0 spiro atoms. The first-order valence-corrected chi connectivity index (χ1v) is 9.73. The van der Waals surface area contributed by atoms with Crippen LogP contribution >= 0.6 is 0 Å². The van der Waals surface area contributed by atoms with Gasteiger partial charge in [-0.2, -0.15) is 0 Å². The van der Waals surface area contributed by atoms with E-state index in [4.69, 9.17) is 4.98 Å². The molecule has 2 saturated heterocycles. The lowest BCUT2D eigenvalue weighted by molar-refractivity contribution is 0.370. The fourth-order valence-corrected chi connectivity index (χ4v) is 3.81. The Bertz CT molecular complexity index is 570. The molecule has 0 unspecified atom stereocenters. The molecule has 5 heteroatoms. The van der Waals surface area contributed by atoms with Crippen molar-refractivity contribution in [3.05, 3.63) is 23.9 Å². The Morgan fingerprint density at radius 1 is 1.16 bits per heavy atom. The number of likely N-dealkylation sites (tertiary alicyclic amines) is 1. The van der Waals surface area contributed by atoms with Crippen molar-refractivity contribution >= 4 is 11.8 Å². The van der Waals surface area contributed by atoms with Gasteiger partial charge in [-0.05, 0) is 36.3 Å². The number of anilines is 1. The summed E-state index contributed by atoms with van der Waals surface area (Å²) in [6.45, 7) is 9.86. The van der Waals surface area contributed by atoms with Crippen LogP contribution in [0.3, 0.4) is 0 Å². The molecule has 5 nitrogen and oxygen atoms in total. The van der Waals surface area contributed by atoms with Crippen LogP contribution in [0.4, 0.5) is 5.82 Å². The second-order valence-corrected chi connectivity index (χ2v) is 8.16. The summed E-state index contributed by atoms with van der Waals surface area (Å²) in [7, 11) is 1.87. The van der Waals surface area contributed by atoms with Crippen molar-refractivity contribution in [1.82, 2.24) is 15.2 Å². The molecule has 2 aliphatic rings. The molecule has 25 heavy (non-hydrogen) atoms. The van der Waals surface area contributed by atoms with Crippen molar-refractivity contribution in [2.24, 2.45) is 10.4 Å². The van der Waals surface area contributed by atoms with Gasteiger partial charge in [0.2, 0.25) is 0 Å². The molecule has 2 fully saturated rings. The van der Waals surface area contributed by atoms with E-state index < -0.39 is 0 Å². The molecule has 0 amide bonds. The summed E-state index contributed by atoms with van der Waals surface area (Å²) in [5.41, 5.74) is 1.59. The van der Waals surface area contributed by atoms with E-state index >= 15 is 0 Å². The third-order valence-corrected chi connectivity index (χ3v) is 5.38. The maximum atomic E-state index is 4.70. The van der Waals surface area contributed by atoms with E-state index in [-0.39, 0.29) is 0 Å². The number of rotatable bonds is 3. The van der Waals surface area contributed by atoms with Crippen molar-refractivity contribution in [3.63, 3.8) is 0 Å². The molecule has 0 radical (unpaired) electrons. The van der Waals surface area contributed by atoms with E-state index in [9.17, 15) is 0 Å². The quantitative estimate of drug-likeness (QED) is 0.676. The first kappa shape index (κ1) is 18.0. The minimum Gasteiger partial charge on any atom is -0.357 e. The Morgan fingerprint density at radius 2 is 1.92 bits per heavy atom. The SMILES string of the molecule is CN=C(NCc1ccc(N2CCCCCC2)nc1)N1CCC(C)(C)C1. The lowest BCUT2D eigenvalue weighted by Crippen LogP contribution is -2.40. The zero-order valence-electron chi connectivity index (χ0n) is 16.1. The number of hydrogen-bond acceptors (Lipinski definition) is 3. The first-order valence-electron chi connectivity index (χ1n) is 9.73. The van der Waals surface area contributed by atoms with Gasteiger partial charge in [0.05, 0.1) is 0 Å². The van der Waals surface area contributed by atoms with Gasteiger partial charge in [0, 0.05) is 46.0 Å². The highest BCUT2D eigenvalue weighted by atomic mass is 15.3. The highest BCUT2D eigenvalue weighted by Gasteiger charge is 2.30. The summed E-state index contributed by atoms with van der Waals surface area (Å²) in [5, 5.41) is 3.50. The normalized spacial score (nSPS) is 21.3. The number of aromatic nitrogens is 1. The van der Waals surface area contributed by atoms with E-state index in [0.717, 1.165) is 44.5 Å². The lowest BCUT2D eigenvalue weighted by Gasteiger charge is -2.24. The molecule has 3 heterocycles. The van der Waals surface area contributed by atoms with Gasteiger partial charge in [0.1, 0.15) is 5.82 Å². The van der Waals surface area contributed by atoms with Gasteiger partial charge >= 0.3 is 0 Å². The summed E-state index contributed by atoms with van der Waals surface area (Å²) in [5.74, 6) is 2.12. The minimum absolute atomic E-state index is 0.383. The highest BCUT2D eigenvalue weighted by Crippen LogP contribution is 2.28. The number of nitrogens with zero attached hydrogens (tertiary/aromatic N) is 4. The third-order valence-electron chi connectivity index (χ3n) is 5.38. The molecular weight excluding hydrogens is 310 g/mol. The second-order valence-electron chi connectivity index (χ2n) is 8.16. The van der Waals surface area contributed by atoms with Crippen molar-refractivity contribution < 1.29 is 0 Å². The molecule has 0 atom stereocenters. The molecule has 138 valence electrons. The first-order chi connectivity index (χ1) is 12.1. The number of pyridine rings is 1. The number of nitrogens with one attached hydrogen (secondary N) is 1. The van der Waals surface area contributed by atoms with Gasteiger partial charge < -0.3 is 15.1 Å². The van der Waals surface area contributed by atoms with Crippen LogP contribution in [0.5, 0.6) is 0 Å². The van der Waals surface area contributed by atoms with E-state index in [1.165, 1.54) is 37.7 Å². The van der Waals surface area contributed by atoms with E-state index in [1.807, 2.05) is 13.2 Å². The molecule has 3 rings (SSSR count). The zero-order valence-corrected chi connectivity index (χ0v) is 16.1. The molecular formula is C20H33N5. The van der Waals surface area contributed by atoms with Crippen molar-refractivity contribution in [2.45, 2.75) is 52.5 Å². The molecule has 0 saturated carbocycles. The van der Waals surface area contributed by atoms with Crippen LogP contribution in [0.15, 0.2) is 23.3 Å². The maximum absolute atomic E-state index is 4.70. The summed E-state index contributed by atoms with van der Waals surface area (Å²) in [6.07, 6.45) is 8.51.